The van der Waals surface area contributed by atoms with E-state index in [4.69, 9.17) is 0 Å². The van der Waals surface area contributed by atoms with Gasteiger partial charge in [0.25, 0.3) is 5.78 Å². The average molecular weight is 419 g/mol. The number of thioether (sulfide) groups is 2. The van der Waals surface area contributed by atoms with Crippen molar-refractivity contribution in [3.8, 4) is 0 Å². The van der Waals surface area contributed by atoms with Crippen molar-refractivity contribution >= 4 is 52.8 Å². The summed E-state index contributed by atoms with van der Waals surface area (Å²) in [6, 6.07) is 7.73. The van der Waals surface area contributed by atoms with Crippen molar-refractivity contribution in [1.82, 2.24) is 24.6 Å². The molecule has 3 N–H and O–H groups in total. The molecule has 11 heteroatoms. The predicted molar refractivity (Wildman–Crippen MR) is 114 cm³/mol. The van der Waals surface area contributed by atoms with E-state index >= 15 is 0 Å². The number of carbonyl (C=O) groups is 1. The van der Waals surface area contributed by atoms with Crippen LogP contribution >= 0.6 is 23.5 Å². The Morgan fingerprint density at radius 3 is 2.50 bits per heavy atom. The Kier molecular flexibility index (Phi) is 6.93. The molecule has 3 rings (SSSR count). The normalized spacial score (nSPS) is 10.8. The number of fused-ring (bicyclic) bond motifs is 1. The van der Waals surface area contributed by atoms with Gasteiger partial charge in [-0.15, -0.1) is 22.0 Å². The lowest BCUT2D eigenvalue weighted by Gasteiger charge is -2.09. The van der Waals surface area contributed by atoms with Gasteiger partial charge in [-0.3, -0.25) is 4.79 Å². The summed E-state index contributed by atoms with van der Waals surface area (Å²) in [6.45, 7) is 5.34. The average Bonchev–Trinajstić information content (AvgIpc) is 3.11. The second-order valence-corrected chi connectivity index (χ2v) is 7.44. The summed E-state index contributed by atoms with van der Waals surface area (Å²) in [5.41, 5.74) is 0.765. The summed E-state index contributed by atoms with van der Waals surface area (Å²) in [5.74, 6) is 1.59. The lowest BCUT2D eigenvalue weighted by atomic mass is 10.3. The van der Waals surface area contributed by atoms with Crippen LogP contribution in [0.5, 0.6) is 0 Å². The lowest BCUT2D eigenvalue weighted by Crippen LogP contribution is -2.15. The third-order valence-electron chi connectivity index (χ3n) is 3.62. The smallest absolute Gasteiger partial charge is 0.261 e. The minimum absolute atomic E-state index is 0.117. The van der Waals surface area contributed by atoms with Gasteiger partial charge in [0.2, 0.25) is 17.8 Å². The zero-order chi connectivity index (χ0) is 19.9. The zero-order valence-corrected chi connectivity index (χ0v) is 17.5. The van der Waals surface area contributed by atoms with Gasteiger partial charge in [0, 0.05) is 23.7 Å². The summed E-state index contributed by atoms with van der Waals surface area (Å²) >= 11 is 2.94. The number of benzene rings is 1. The lowest BCUT2D eigenvalue weighted by molar-refractivity contribution is -0.113. The molecule has 0 spiro atoms. The topological polar surface area (TPSA) is 109 Å². The summed E-state index contributed by atoms with van der Waals surface area (Å²) in [6.07, 6.45) is 2.01. The van der Waals surface area contributed by atoms with E-state index in [9.17, 15) is 4.79 Å². The van der Waals surface area contributed by atoms with E-state index in [0.717, 1.165) is 10.6 Å². The van der Waals surface area contributed by atoms with Gasteiger partial charge in [-0.1, -0.05) is 11.8 Å². The van der Waals surface area contributed by atoms with Gasteiger partial charge in [-0.25, -0.2) is 4.40 Å². The van der Waals surface area contributed by atoms with Crippen LogP contribution in [0, 0.1) is 0 Å². The third-order valence-corrected chi connectivity index (χ3v) is 5.29. The second-order valence-electron chi connectivity index (χ2n) is 5.61. The number of amides is 1. The van der Waals surface area contributed by atoms with Crippen molar-refractivity contribution in [3.05, 3.63) is 24.3 Å². The molecule has 0 bridgehead atoms. The standard InChI is InChI=1S/C17H22N8OS2/c1-4-18-14-21-15(19-5-2)25-16(22-14)23-24-17(25)28-10-13(26)20-11-6-8-12(27-3)9-7-11/h6-9H,4-5,10H2,1-3H3,(H,20,26)(H2,18,19,21,22,23). The molecule has 1 amide bonds. The van der Waals surface area contributed by atoms with Crippen molar-refractivity contribution < 1.29 is 4.79 Å². The molecule has 0 saturated carbocycles. The first kappa shape index (κ1) is 20.2. The number of nitrogens with one attached hydrogen (secondary N) is 3. The third kappa shape index (κ3) is 4.84. The fraction of sp³-hybridized carbons (Fsp3) is 0.353. The SMILES string of the molecule is CCNc1nc(NCC)n2c(SCC(=O)Nc3ccc(SC)cc3)nnc2n1. The molecule has 0 radical (unpaired) electrons. The number of hydrogen-bond donors (Lipinski definition) is 3. The molecule has 28 heavy (non-hydrogen) atoms. The molecule has 0 fully saturated rings. The minimum Gasteiger partial charge on any atom is -0.355 e. The first-order valence-electron chi connectivity index (χ1n) is 8.82. The molecule has 0 aliphatic carbocycles. The molecule has 0 aliphatic rings. The highest BCUT2D eigenvalue weighted by molar-refractivity contribution is 7.99. The number of rotatable bonds is 9. The maximum absolute atomic E-state index is 12.3. The van der Waals surface area contributed by atoms with Gasteiger partial charge < -0.3 is 16.0 Å². The van der Waals surface area contributed by atoms with Gasteiger partial charge in [-0.05, 0) is 44.4 Å². The van der Waals surface area contributed by atoms with E-state index in [1.807, 2.05) is 44.4 Å². The van der Waals surface area contributed by atoms with Crippen LogP contribution in [-0.4, -0.2) is 55.6 Å². The van der Waals surface area contributed by atoms with Gasteiger partial charge in [-0.2, -0.15) is 9.97 Å². The fourth-order valence-electron chi connectivity index (χ4n) is 2.40. The number of carbonyl (C=O) groups excluding carboxylic acids is 1. The Hall–Kier alpha value is -2.53. The van der Waals surface area contributed by atoms with Crippen LogP contribution in [0.3, 0.4) is 0 Å². The fourth-order valence-corrected chi connectivity index (χ4v) is 3.54. The van der Waals surface area contributed by atoms with Crippen LogP contribution < -0.4 is 16.0 Å². The Bertz CT molecular complexity index is 944. The van der Waals surface area contributed by atoms with Crippen molar-refractivity contribution in [3.63, 3.8) is 0 Å². The Morgan fingerprint density at radius 2 is 1.82 bits per heavy atom. The van der Waals surface area contributed by atoms with Gasteiger partial charge >= 0.3 is 0 Å². The molecule has 2 heterocycles. The van der Waals surface area contributed by atoms with Crippen molar-refractivity contribution in [2.24, 2.45) is 0 Å². The van der Waals surface area contributed by atoms with E-state index in [0.29, 0.717) is 35.9 Å². The summed E-state index contributed by atoms with van der Waals surface area (Å²) in [5, 5.41) is 18.0. The van der Waals surface area contributed by atoms with Crippen LogP contribution in [0.4, 0.5) is 17.6 Å². The maximum atomic E-state index is 12.3. The Morgan fingerprint density at radius 1 is 1.07 bits per heavy atom. The molecule has 9 nitrogen and oxygen atoms in total. The van der Waals surface area contributed by atoms with Crippen molar-refractivity contribution in [1.29, 1.82) is 0 Å². The van der Waals surface area contributed by atoms with E-state index in [2.05, 4.69) is 36.1 Å². The summed E-state index contributed by atoms with van der Waals surface area (Å²) in [4.78, 5) is 22.3. The van der Waals surface area contributed by atoms with Crippen LogP contribution in [0.1, 0.15) is 13.8 Å². The number of anilines is 3. The monoisotopic (exact) mass is 418 g/mol. The predicted octanol–water partition coefficient (Wildman–Crippen LogP) is 2.84. The summed E-state index contributed by atoms with van der Waals surface area (Å²) in [7, 11) is 0. The Labute approximate surface area is 171 Å². The molecule has 2 aromatic heterocycles. The quantitative estimate of drug-likeness (QED) is 0.452. The Balaban J connectivity index is 1.71. The molecular weight excluding hydrogens is 396 g/mol. The molecule has 0 saturated heterocycles. The molecule has 0 unspecified atom stereocenters. The number of aromatic nitrogens is 5. The molecule has 148 valence electrons. The highest BCUT2D eigenvalue weighted by atomic mass is 32.2. The molecule has 1 aromatic carbocycles. The van der Waals surface area contributed by atoms with E-state index in [-0.39, 0.29) is 11.7 Å². The zero-order valence-electron chi connectivity index (χ0n) is 15.9. The minimum atomic E-state index is -0.117. The van der Waals surface area contributed by atoms with Gasteiger partial charge in [0.15, 0.2) is 5.16 Å². The largest absolute Gasteiger partial charge is 0.355 e. The van der Waals surface area contributed by atoms with E-state index in [1.165, 1.54) is 11.8 Å². The van der Waals surface area contributed by atoms with Crippen LogP contribution in [-0.2, 0) is 4.79 Å². The van der Waals surface area contributed by atoms with Crippen molar-refractivity contribution in [2.75, 3.05) is 41.0 Å². The van der Waals surface area contributed by atoms with E-state index in [1.54, 1.807) is 16.2 Å². The van der Waals surface area contributed by atoms with Gasteiger partial charge in [0.1, 0.15) is 0 Å². The molecule has 0 atom stereocenters. The maximum Gasteiger partial charge on any atom is 0.261 e. The molecular formula is C17H22N8OS2. The van der Waals surface area contributed by atoms with Gasteiger partial charge in [0.05, 0.1) is 5.75 Å². The first-order chi connectivity index (χ1) is 13.6. The van der Waals surface area contributed by atoms with Crippen molar-refractivity contribution in [2.45, 2.75) is 23.9 Å². The molecule has 0 aliphatic heterocycles. The number of hydrogen-bond acceptors (Lipinski definition) is 9. The van der Waals surface area contributed by atoms with E-state index < -0.39 is 0 Å². The van der Waals surface area contributed by atoms with Crippen LogP contribution in [0.2, 0.25) is 0 Å². The number of nitrogens with zero attached hydrogens (tertiary/aromatic N) is 5. The highest BCUT2D eigenvalue weighted by Gasteiger charge is 2.15. The first-order valence-corrected chi connectivity index (χ1v) is 11.0. The second kappa shape index (κ2) is 9.60. The van der Waals surface area contributed by atoms with Crippen LogP contribution in [0.25, 0.3) is 5.78 Å². The molecule has 3 aromatic rings. The highest BCUT2D eigenvalue weighted by Crippen LogP contribution is 2.22. The summed E-state index contributed by atoms with van der Waals surface area (Å²) < 4.78 is 1.72. The van der Waals surface area contributed by atoms with Crippen LogP contribution in [0.15, 0.2) is 34.3 Å².